The van der Waals surface area contributed by atoms with Crippen LogP contribution >= 0.6 is 0 Å². The van der Waals surface area contributed by atoms with Gasteiger partial charge in [0, 0.05) is 19.5 Å². The second kappa shape index (κ2) is 6.10. The van der Waals surface area contributed by atoms with E-state index in [0.29, 0.717) is 13.0 Å². The van der Waals surface area contributed by atoms with Gasteiger partial charge in [0.1, 0.15) is 6.04 Å². The van der Waals surface area contributed by atoms with Crippen molar-refractivity contribution in [3.63, 3.8) is 0 Å². The number of rotatable bonds is 3. The lowest BCUT2D eigenvalue weighted by atomic mass is 10.0. The smallest absolute Gasteiger partial charge is 0.246 e. The first-order chi connectivity index (χ1) is 9.19. The Balaban J connectivity index is 2.20. The average Bonchev–Trinajstić information content (AvgIpc) is 2.56. The van der Waals surface area contributed by atoms with Gasteiger partial charge in [-0.3, -0.25) is 9.59 Å². The van der Waals surface area contributed by atoms with Gasteiger partial charge in [-0.25, -0.2) is 0 Å². The molecule has 2 unspecified atom stereocenters. The topological polar surface area (TPSA) is 40.6 Å². The molecule has 2 aliphatic rings. The number of piperidine rings is 1. The summed E-state index contributed by atoms with van der Waals surface area (Å²) in [6, 6.07) is -0.427. The molecule has 2 rings (SSSR count). The molecule has 0 bridgehead atoms. The zero-order valence-corrected chi connectivity index (χ0v) is 11.6. The molecule has 0 saturated carbocycles. The highest BCUT2D eigenvalue weighted by Gasteiger charge is 2.39. The van der Waals surface area contributed by atoms with E-state index in [1.165, 1.54) is 0 Å². The Morgan fingerprint density at radius 2 is 2.16 bits per heavy atom. The van der Waals surface area contributed by atoms with Gasteiger partial charge in [-0.1, -0.05) is 19.3 Å². The van der Waals surface area contributed by atoms with Crippen molar-refractivity contribution in [2.45, 2.75) is 57.5 Å². The summed E-state index contributed by atoms with van der Waals surface area (Å²) in [5.74, 6) is 2.88. The van der Waals surface area contributed by atoms with Crippen molar-refractivity contribution in [1.29, 1.82) is 0 Å². The Morgan fingerprint density at radius 1 is 1.37 bits per heavy atom. The van der Waals surface area contributed by atoms with Crippen LogP contribution in [0.1, 0.15) is 45.4 Å². The second-order valence-electron chi connectivity index (χ2n) is 5.35. The van der Waals surface area contributed by atoms with Gasteiger partial charge in [0.25, 0.3) is 0 Å². The Morgan fingerprint density at radius 3 is 2.84 bits per heavy atom. The van der Waals surface area contributed by atoms with Gasteiger partial charge in [-0.15, -0.1) is 6.42 Å². The molecular weight excluding hydrogens is 240 g/mol. The van der Waals surface area contributed by atoms with Crippen molar-refractivity contribution in [2.24, 2.45) is 0 Å². The van der Waals surface area contributed by atoms with Crippen molar-refractivity contribution >= 4 is 11.8 Å². The van der Waals surface area contributed by atoms with Crippen LogP contribution in [0, 0.1) is 12.3 Å². The standard InChI is InChI=1S/C15H22N2O2/c1-3-7-12(4-2)16-11-9-14(18)17-10-6-5-8-13(17)15(16)19/h2,12-13H,3,5-11H2,1H3. The molecule has 2 amide bonds. The molecule has 0 spiro atoms. The second-order valence-corrected chi connectivity index (χ2v) is 5.35. The molecule has 2 saturated heterocycles. The van der Waals surface area contributed by atoms with Gasteiger partial charge in [0.2, 0.25) is 11.8 Å². The Labute approximate surface area is 115 Å². The predicted molar refractivity (Wildman–Crippen MR) is 73.2 cm³/mol. The normalized spacial score (nSPS) is 25.6. The third-order valence-electron chi connectivity index (χ3n) is 4.09. The highest BCUT2D eigenvalue weighted by Crippen LogP contribution is 2.24. The lowest BCUT2D eigenvalue weighted by Crippen LogP contribution is -2.51. The average molecular weight is 262 g/mol. The molecule has 0 aromatic heterocycles. The number of terminal acetylenes is 1. The molecule has 2 atom stereocenters. The van der Waals surface area contributed by atoms with E-state index >= 15 is 0 Å². The summed E-state index contributed by atoms with van der Waals surface area (Å²) in [6.45, 7) is 3.25. The molecule has 2 heterocycles. The summed E-state index contributed by atoms with van der Waals surface area (Å²) in [5, 5.41) is 0. The molecule has 0 aromatic rings. The molecule has 19 heavy (non-hydrogen) atoms. The summed E-state index contributed by atoms with van der Waals surface area (Å²) in [6.07, 6.45) is 10.5. The number of carbonyl (C=O) groups is 2. The van der Waals surface area contributed by atoms with Crippen LogP contribution in [-0.2, 0) is 9.59 Å². The first-order valence-corrected chi connectivity index (χ1v) is 7.25. The minimum absolute atomic E-state index is 0.0574. The lowest BCUT2D eigenvalue weighted by Gasteiger charge is -2.35. The minimum Gasteiger partial charge on any atom is -0.331 e. The van der Waals surface area contributed by atoms with E-state index in [-0.39, 0.29) is 23.9 Å². The van der Waals surface area contributed by atoms with Gasteiger partial charge in [0.05, 0.1) is 6.04 Å². The Kier molecular flexibility index (Phi) is 4.47. The molecule has 4 nitrogen and oxygen atoms in total. The quantitative estimate of drug-likeness (QED) is 0.721. The number of nitrogens with zero attached hydrogens (tertiary/aromatic N) is 2. The van der Waals surface area contributed by atoms with Crippen LogP contribution in [0.3, 0.4) is 0 Å². The van der Waals surface area contributed by atoms with Crippen molar-refractivity contribution in [1.82, 2.24) is 9.80 Å². The van der Waals surface area contributed by atoms with Gasteiger partial charge in [-0.2, -0.15) is 0 Å². The molecule has 0 N–H and O–H groups in total. The minimum atomic E-state index is -0.267. The predicted octanol–water partition coefficient (Wildman–Crippen LogP) is 1.40. The summed E-state index contributed by atoms with van der Waals surface area (Å²) < 4.78 is 0. The monoisotopic (exact) mass is 262 g/mol. The highest BCUT2D eigenvalue weighted by molar-refractivity contribution is 5.90. The molecule has 0 aliphatic carbocycles. The van der Waals surface area contributed by atoms with Crippen LogP contribution < -0.4 is 0 Å². The van der Waals surface area contributed by atoms with E-state index < -0.39 is 0 Å². The van der Waals surface area contributed by atoms with E-state index in [1.807, 2.05) is 0 Å². The molecule has 2 aliphatic heterocycles. The first kappa shape index (κ1) is 13.9. The largest absolute Gasteiger partial charge is 0.331 e. The number of hydrogen-bond donors (Lipinski definition) is 0. The van der Waals surface area contributed by atoms with E-state index in [0.717, 1.165) is 38.6 Å². The van der Waals surface area contributed by atoms with Gasteiger partial charge >= 0.3 is 0 Å². The molecule has 0 aromatic carbocycles. The van der Waals surface area contributed by atoms with E-state index in [9.17, 15) is 9.59 Å². The van der Waals surface area contributed by atoms with Crippen molar-refractivity contribution in [3.8, 4) is 12.3 Å². The maximum Gasteiger partial charge on any atom is 0.246 e. The first-order valence-electron chi connectivity index (χ1n) is 7.25. The lowest BCUT2D eigenvalue weighted by molar-refractivity contribution is -0.143. The highest BCUT2D eigenvalue weighted by atomic mass is 16.2. The van der Waals surface area contributed by atoms with Crippen LogP contribution in [-0.4, -0.2) is 46.8 Å². The number of amides is 2. The fourth-order valence-electron chi connectivity index (χ4n) is 3.06. The van der Waals surface area contributed by atoms with E-state index in [4.69, 9.17) is 6.42 Å². The fraction of sp³-hybridized carbons (Fsp3) is 0.733. The fourth-order valence-corrected chi connectivity index (χ4v) is 3.06. The molecule has 2 fully saturated rings. The third kappa shape index (κ3) is 2.75. The third-order valence-corrected chi connectivity index (χ3v) is 4.09. The van der Waals surface area contributed by atoms with Crippen molar-refractivity contribution in [2.75, 3.05) is 13.1 Å². The van der Waals surface area contributed by atoms with Gasteiger partial charge < -0.3 is 9.80 Å². The number of carbonyl (C=O) groups excluding carboxylic acids is 2. The summed E-state index contributed by atoms with van der Waals surface area (Å²) in [5.41, 5.74) is 0. The van der Waals surface area contributed by atoms with Crippen LogP contribution in [0.2, 0.25) is 0 Å². The zero-order chi connectivity index (χ0) is 13.8. The summed E-state index contributed by atoms with van der Waals surface area (Å²) in [7, 11) is 0. The number of fused-ring (bicyclic) bond motifs is 1. The van der Waals surface area contributed by atoms with E-state index in [2.05, 4.69) is 12.8 Å². The number of hydrogen-bond acceptors (Lipinski definition) is 2. The summed E-state index contributed by atoms with van der Waals surface area (Å²) >= 11 is 0. The van der Waals surface area contributed by atoms with Gasteiger partial charge in [0.15, 0.2) is 0 Å². The van der Waals surface area contributed by atoms with Gasteiger partial charge in [-0.05, 0) is 25.7 Å². The molecule has 0 radical (unpaired) electrons. The molecular formula is C15H22N2O2. The Bertz CT molecular complexity index is 399. The molecule has 4 heteroatoms. The van der Waals surface area contributed by atoms with Crippen LogP contribution in [0.4, 0.5) is 0 Å². The molecule has 104 valence electrons. The van der Waals surface area contributed by atoms with Crippen molar-refractivity contribution < 1.29 is 9.59 Å². The summed E-state index contributed by atoms with van der Waals surface area (Å²) in [4.78, 5) is 28.3. The Hall–Kier alpha value is -1.50. The maximum absolute atomic E-state index is 12.6. The van der Waals surface area contributed by atoms with E-state index in [1.54, 1.807) is 9.80 Å². The van der Waals surface area contributed by atoms with Crippen molar-refractivity contribution in [3.05, 3.63) is 0 Å². The SMILES string of the molecule is C#CC(CCC)N1CCC(=O)N2CCCCC2C1=O. The maximum atomic E-state index is 12.6. The van der Waals surface area contributed by atoms with Crippen LogP contribution in [0.5, 0.6) is 0 Å². The van der Waals surface area contributed by atoms with Crippen LogP contribution in [0.15, 0.2) is 0 Å². The zero-order valence-electron chi connectivity index (χ0n) is 11.6. The van der Waals surface area contributed by atoms with Crippen LogP contribution in [0.25, 0.3) is 0 Å².